The van der Waals surface area contributed by atoms with E-state index in [4.69, 9.17) is 14.0 Å². The second-order valence-corrected chi connectivity index (χ2v) is 10.5. The molecule has 1 saturated heterocycles. The molecule has 3 fully saturated rings. The standard InChI is InChI=1S/C24H34N2O8/c1-24(2,3)26-22(30)16-7-6-15-17(9-18(28)21(29)19(15)20(16)23(26)31)25-34-11-13(27)10-32-12-14-5-4-8-33-14/h4-5,8,13,15-16,18-21,27-29H,6-7,9-12H2,1-3H3/b25-17+/t13-,15+,16+,18+,19-,20+,21+/m0/s1. The van der Waals surface area contributed by atoms with E-state index in [0.29, 0.717) is 24.3 Å². The first kappa shape index (κ1) is 24.8. The predicted molar refractivity (Wildman–Crippen MR) is 119 cm³/mol. The molecule has 188 valence electrons. The minimum absolute atomic E-state index is 0.0297. The summed E-state index contributed by atoms with van der Waals surface area (Å²) in [5.74, 6) is -1.95. The van der Waals surface area contributed by atoms with Crippen LogP contribution in [0.5, 0.6) is 0 Å². The fourth-order valence-electron chi connectivity index (χ4n) is 5.58. The van der Waals surface area contributed by atoms with Crippen molar-refractivity contribution >= 4 is 17.5 Å². The average Bonchev–Trinajstić information content (AvgIpc) is 3.37. The van der Waals surface area contributed by atoms with Crippen LogP contribution in [0.25, 0.3) is 0 Å². The van der Waals surface area contributed by atoms with Gasteiger partial charge >= 0.3 is 0 Å². The zero-order chi connectivity index (χ0) is 24.6. The van der Waals surface area contributed by atoms with Crippen molar-refractivity contribution in [1.29, 1.82) is 0 Å². The van der Waals surface area contributed by atoms with E-state index in [-0.39, 0.29) is 44.0 Å². The number of imide groups is 1. The van der Waals surface area contributed by atoms with Crippen LogP contribution in [0.15, 0.2) is 28.0 Å². The Morgan fingerprint density at radius 1 is 1.18 bits per heavy atom. The van der Waals surface area contributed by atoms with Crippen LogP contribution in [0.4, 0.5) is 0 Å². The van der Waals surface area contributed by atoms with E-state index >= 15 is 0 Å². The molecule has 10 nitrogen and oxygen atoms in total. The molecule has 2 aliphatic carbocycles. The number of carbonyl (C=O) groups excluding carboxylic acids is 2. The van der Waals surface area contributed by atoms with Gasteiger partial charge in [0.25, 0.3) is 0 Å². The Hall–Kier alpha value is -2.27. The van der Waals surface area contributed by atoms with Crippen LogP contribution >= 0.6 is 0 Å². The quantitative estimate of drug-likeness (QED) is 0.390. The van der Waals surface area contributed by atoms with Crippen LogP contribution in [0, 0.1) is 23.7 Å². The number of likely N-dealkylation sites (tertiary alicyclic amines) is 1. The maximum atomic E-state index is 13.3. The lowest BCUT2D eigenvalue weighted by Gasteiger charge is -2.45. The smallest absolute Gasteiger partial charge is 0.233 e. The average molecular weight is 479 g/mol. The highest BCUT2D eigenvalue weighted by atomic mass is 16.6. The van der Waals surface area contributed by atoms with E-state index in [1.807, 2.05) is 20.8 Å². The third kappa shape index (κ3) is 4.77. The normalized spacial score (nSPS) is 33.7. The van der Waals surface area contributed by atoms with E-state index in [1.165, 1.54) is 4.90 Å². The summed E-state index contributed by atoms with van der Waals surface area (Å²) in [7, 11) is 0. The number of aliphatic hydroxyl groups is 3. The van der Waals surface area contributed by atoms with E-state index in [9.17, 15) is 24.9 Å². The molecule has 0 bridgehead atoms. The SMILES string of the molecule is CC(C)(C)N1C(=O)[C@H]2[C@H]3[C@H](O)[C@H](O)C/C(=N\OC[C@@H](O)COCc4ccco4)[C@H]3CC[C@H]2C1=O. The van der Waals surface area contributed by atoms with Crippen LogP contribution in [0.1, 0.15) is 45.8 Å². The number of rotatable bonds is 7. The lowest BCUT2D eigenvalue weighted by molar-refractivity contribution is -0.146. The second-order valence-electron chi connectivity index (χ2n) is 10.5. The Balaban J connectivity index is 1.41. The van der Waals surface area contributed by atoms with Crippen molar-refractivity contribution in [3.63, 3.8) is 0 Å². The maximum absolute atomic E-state index is 13.3. The van der Waals surface area contributed by atoms with Gasteiger partial charge in [-0.2, -0.15) is 0 Å². The largest absolute Gasteiger partial charge is 0.467 e. The summed E-state index contributed by atoms with van der Waals surface area (Å²) in [6, 6.07) is 3.52. The van der Waals surface area contributed by atoms with E-state index < -0.39 is 41.6 Å². The number of amides is 2. The van der Waals surface area contributed by atoms with Gasteiger partial charge in [-0.25, -0.2) is 0 Å². The third-order valence-electron chi connectivity index (χ3n) is 7.03. The summed E-state index contributed by atoms with van der Waals surface area (Å²) in [6.45, 7) is 5.59. The van der Waals surface area contributed by atoms with Gasteiger partial charge in [0.05, 0.1) is 42.6 Å². The van der Waals surface area contributed by atoms with Gasteiger partial charge in [0.15, 0.2) is 0 Å². The van der Waals surface area contributed by atoms with Crippen molar-refractivity contribution < 1.29 is 38.9 Å². The summed E-state index contributed by atoms with van der Waals surface area (Å²) in [5.41, 5.74) is -0.117. The summed E-state index contributed by atoms with van der Waals surface area (Å²) in [4.78, 5) is 33.0. The van der Waals surface area contributed by atoms with Crippen molar-refractivity contribution in [3.8, 4) is 0 Å². The first-order chi connectivity index (χ1) is 16.1. The van der Waals surface area contributed by atoms with Crippen LogP contribution in [0.2, 0.25) is 0 Å². The summed E-state index contributed by atoms with van der Waals surface area (Å²) < 4.78 is 10.5. The van der Waals surface area contributed by atoms with Crippen molar-refractivity contribution in [2.75, 3.05) is 13.2 Å². The lowest BCUT2D eigenvalue weighted by atomic mass is 9.60. The van der Waals surface area contributed by atoms with Gasteiger partial charge in [-0.05, 0) is 45.7 Å². The van der Waals surface area contributed by atoms with Crippen molar-refractivity contribution in [3.05, 3.63) is 24.2 Å². The number of aliphatic hydroxyl groups excluding tert-OH is 3. The molecule has 1 aliphatic heterocycles. The molecule has 0 spiro atoms. The minimum atomic E-state index is -1.13. The molecule has 0 radical (unpaired) electrons. The topological polar surface area (TPSA) is 142 Å². The molecule has 4 rings (SSSR count). The molecule has 2 amide bonds. The Bertz CT molecular complexity index is 909. The number of hydrogen-bond acceptors (Lipinski definition) is 9. The molecule has 1 aromatic rings. The van der Waals surface area contributed by atoms with E-state index in [2.05, 4.69) is 5.16 Å². The molecular weight excluding hydrogens is 444 g/mol. The molecule has 2 heterocycles. The first-order valence-corrected chi connectivity index (χ1v) is 11.8. The van der Waals surface area contributed by atoms with Gasteiger partial charge in [0.2, 0.25) is 11.8 Å². The van der Waals surface area contributed by atoms with Gasteiger partial charge < -0.3 is 29.3 Å². The molecule has 3 aliphatic rings. The van der Waals surface area contributed by atoms with Crippen molar-refractivity contribution in [1.82, 2.24) is 4.90 Å². The van der Waals surface area contributed by atoms with Crippen LogP contribution in [-0.2, 0) is 25.8 Å². The monoisotopic (exact) mass is 478 g/mol. The highest BCUT2D eigenvalue weighted by molar-refractivity contribution is 6.06. The van der Waals surface area contributed by atoms with Crippen LogP contribution in [0.3, 0.4) is 0 Å². The fraction of sp³-hybridized carbons (Fsp3) is 0.708. The third-order valence-corrected chi connectivity index (χ3v) is 7.03. The molecule has 0 aromatic carbocycles. The number of nitrogens with zero attached hydrogens (tertiary/aromatic N) is 2. The van der Waals surface area contributed by atoms with Gasteiger partial charge in [0.1, 0.15) is 25.1 Å². The Morgan fingerprint density at radius 2 is 1.91 bits per heavy atom. The Kier molecular flexibility index (Phi) is 7.14. The summed E-state index contributed by atoms with van der Waals surface area (Å²) in [5, 5.41) is 35.6. The lowest BCUT2D eigenvalue weighted by Crippen LogP contribution is -2.55. The molecule has 3 N–H and O–H groups in total. The summed E-state index contributed by atoms with van der Waals surface area (Å²) >= 11 is 0. The molecular formula is C24H34N2O8. The van der Waals surface area contributed by atoms with Crippen LogP contribution in [-0.4, -0.2) is 74.8 Å². The van der Waals surface area contributed by atoms with Crippen LogP contribution < -0.4 is 0 Å². The molecule has 7 atom stereocenters. The molecule has 10 heteroatoms. The zero-order valence-corrected chi connectivity index (χ0v) is 19.8. The van der Waals surface area contributed by atoms with Gasteiger partial charge in [-0.3, -0.25) is 14.5 Å². The first-order valence-electron chi connectivity index (χ1n) is 11.8. The minimum Gasteiger partial charge on any atom is -0.467 e. The Labute approximate surface area is 198 Å². The maximum Gasteiger partial charge on any atom is 0.233 e. The van der Waals surface area contributed by atoms with Gasteiger partial charge in [0, 0.05) is 23.8 Å². The highest BCUT2D eigenvalue weighted by Crippen LogP contribution is 2.50. The number of fused-ring (bicyclic) bond motifs is 3. The highest BCUT2D eigenvalue weighted by Gasteiger charge is 2.61. The number of oxime groups is 1. The van der Waals surface area contributed by atoms with E-state index in [1.54, 1.807) is 18.4 Å². The summed E-state index contributed by atoms with van der Waals surface area (Å²) in [6.07, 6.45) is -0.447. The molecule has 0 unspecified atom stereocenters. The van der Waals surface area contributed by atoms with Gasteiger partial charge in [-0.1, -0.05) is 5.16 Å². The fourth-order valence-corrected chi connectivity index (χ4v) is 5.58. The molecule has 2 saturated carbocycles. The second kappa shape index (κ2) is 9.77. The number of ether oxygens (including phenoxy) is 1. The van der Waals surface area contributed by atoms with Crippen molar-refractivity contribution in [2.45, 2.75) is 70.5 Å². The molecule has 1 aromatic heterocycles. The molecule has 34 heavy (non-hydrogen) atoms. The van der Waals surface area contributed by atoms with Gasteiger partial charge in [-0.15, -0.1) is 0 Å². The van der Waals surface area contributed by atoms with E-state index in [0.717, 1.165) is 0 Å². The number of hydrogen-bond donors (Lipinski definition) is 3. The Morgan fingerprint density at radius 3 is 2.59 bits per heavy atom. The number of furan rings is 1. The van der Waals surface area contributed by atoms with Crippen molar-refractivity contribution in [2.24, 2.45) is 28.8 Å². The predicted octanol–water partition coefficient (Wildman–Crippen LogP) is 1.08. The zero-order valence-electron chi connectivity index (χ0n) is 19.8. The number of carbonyl (C=O) groups is 2.